The summed E-state index contributed by atoms with van der Waals surface area (Å²) in [7, 11) is 0. The Morgan fingerprint density at radius 2 is 1.74 bits per heavy atom. The maximum atomic E-state index is 12.2. The van der Waals surface area contributed by atoms with Gasteiger partial charge in [-0.2, -0.15) is 0 Å². The number of carbonyl (C=O) groups is 2. The van der Waals surface area contributed by atoms with Crippen molar-refractivity contribution in [2.24, 2.45) is 0 Å². The lowest BCUT2D eigenvalue weighted by atomic mass is 9.86. The van der Waals surface area contributed by atoms with Crippen LogP contribution in [-0.2, 0) is 15.0 Å². The van der Waals surface area contributed by atoms with Crippen molar-refractivity contribution >= 4 is 23.5 Å². The van der Waals surface area contributed by atoms with Crippen LogP contribution in [0.15, 0.2) is 48.5 Å². The zero-order valence-corrected chi connectivity index (χ0v) is 16.4. The molecule has 0 unspecified atom stereocenters. The van der Waals surface area contributed by atoms with Crippen LogP contribution in [-0.4, -0.2) is 23.6 Å². The van der Waals surface area contributed by atoms with Crippen molar-refractivity contribution in [1.29, 1.82) is 0 Å². The van der Waals surface area contributed by atoms with E-state index < -0.39 is 17.9 Å². The lowest BCUT2D eigenvalue weighted by Gasteiger charge is -2.22. The predicted octanol–water partition coefficient (Wildman–Crippen LogP) is 4.35. The SMILES string of the molecule is CC(C)(C)c1ccc([C@H](CC(=O)O)NC(=O)COc2ccccc2Cl)cc1. The summed E-state index contributed by atoms with van der Waals surface area (Å²) < 4.78 is 5.41. The fourth-order valence-corrected chi connectivity index (χ4v) is 2.77. The predicted molar refractivity (Wildman–Crippen MR) is 105 cm³/mol. The third-order valence-electron chi connectivity index (χ3n) is 4.09. The van der Waals surface area contributed by atoms with Gasteiger partial charge in [0.1, 0.15) is 5.75 Å². The molecule has 0 saturated heterocycles. The van der Waals surface area contributed by atoms with E-state index in [1.807, 2.05) is 24.3 Å². The molecule has 0 heterocycles. The molecule has 2 aromatic rings. The molecular weight excluding hydrogens is 366 g/mol. The summed E-state index contributed by atoms with van der Waals surface area (Å²) >= 11 is 6.00. The zero-order valence-electron chi connectivity index (χ0n) is 15.7. The molecule has 1 amide bonds. The fourth-order valence-electron chi connectivity index (χ4n) is 2.58. The van der Waals surface area contributed by atoms with Crippen LogP contribution in [0.4, 0.5) is 0 Å². The van der Waals surface area contributed by atoms with Gasteiger partial charge in [0, 0.05) is 0 Å². The Hall–Kier alpha value is -2.53. The van der Waals surface area contributed by atoms with Crippen LogP contribution in [0.3, 0.4) is 0 Å². The first-order chi connectivity index (χ1) is 12.7. The molecular formula is C21H24ClNO4. The Kier molecular flexibility index (Phi) is 6.86. The molecule has 0 radical (unpaired) electrons. The first-order valence-electron chi connectivity index (χ1n) is 8.66. The standard InChI is InChI=1S/C21H24ClNO4/c1-21(2,3)15-10-8-14(9-11-15)17(12-20(25)26)23-19(24)13-27-18-7-5-4-6-16(18)22/h4-11,17H,12-13H2,1-3H3,(H,23,24)(H,25,26)/t17-/m0/s1. The molecule has 0 aromatic heterocycles. The van der Waals surface area contributed by atoms with Crippen LogP contribution in [0.25, 0.3) is 0 Å². The monoisotopic (exact) mass is 389 g/mol. The van der Waals surface area contributed by atoms with E-state index in [9.17, 15) is 14.7 Å². The lowest BCUT2D eigenvalue weighted by molar-refractivity contribution is -0.137. The van der Waals surface area contributed by atoms with Crippen LogP contribution in [0.2, 0.25) is 5.02 Å². The zero-order chi connectivity index (χ0) is 20.0. The van der Waals surface area contributed by atoms with Crippen LogP contribution in [0.1, 0.15) is 44.4 Å². The van der Waals surface area contributed by atoms with Gasteiger partial charge < -0.3 is 15.2 Å². The summed E-state index contributed by atoms with van der Waals surface area (Å²) in [5.41, 5.74) is 1.86. The number of amides is 1. The second kappa shape index (κ2) is 8.91. The van der Waals surface area contributed by atoms with Gasteiger partial charge in [0.15, 0.2) is 6.61 Å². The molecule has 5 nitrogen and oxygen atoms in total. The minimum absolute atomic E-state index is 0.00708. The fraction of sp³-hybridized carbons (Fsp3) is 0.333. The Labute approximate surface area is 164 Å². The highest BCUT2D eigenvalue weighted by Crippen LogP contribution is 2.25. The number of aliphatic carboxylic acids is 1. The number of rotatable bonds is 7. The van der Waals surface area contributed by atoms with E-state index in [1.54, 1.807) is 24.3 Å². The van der Waals surface area contributed by atoms with Gasteiger partial charge in [-0.25, -0.2) is 0 Å². The largest absolute Gasteiger partial charge is 0.482 e. The Bertz CT molecular complexity index is 797. The Morgan fingerprint density at radius 1 is 1.11 bits per heavy atom. The number of ether oxygens (including phenoxy) is 1. The van der Waals surface area contributed by atoms with E-state index in [2.05, 4.69) is 26.1 Å². The number of hydrogen-bond acceptors (Lipinski definition) is 3. The molecule has 2 rings (SSSR count). The van der Waals surface area contributed by atoms with E-state index in [4.69, 9.17) is 16.3 Å². The summed E-state index contributed by atoms with van der Waals surface area (Å²) in [6.07, 6.45) is -0.216. The van der Waals surface area contributed by atoms with E-state index in [1.165, 1.54) is 0 Å². The Morgan fingerprint density at radius 3 is 2.30 bits per heavy atom. The van der Waals surface area contributed by atoms with Crippen LogP contribution < -0.4 is 10.1 Å². The summed E-state index contributed by atoms with van der Waals surface area (Å²) in [6, 6.07) is 13.8. The third kappa shape index (κ3) is 6.29. The first-order valence-corrected chi connectivity index (χ1v) is 9.03. The summed E-state index contributed by atoms with van der Waals surface area (Å²) in [5, 5.41) is 12.3. The lowest BCUT2D eigenvalue weighted by Crippen LogP contribution is -2.34. The maximum absolute atomic E-state index is 12.2. The van der Waals surface area contributed by atoms with E-state index in [0.29, 0.717) is 10.8 Å². The first kappa shape index (κ1) is 20.8. The van der Waals surface area contributed by atoms with Crippen molar-refractivity contribution in [3.63, 3.8) is 0 Å². The van der Waals surface area contributed by atoms with Crippen LogP contribution >= 0.6 is 11.6 Å². The summed E-state index contributed by atoms with van der Waals surface area (Å²) in [5.74, 6) is -1.01. The van der Waals surface area contributed by atoms with Crippen molar-refractivity contribution in [2.75, 3.05) is 6.61 Å². The number of hydrogen-bond donors (Lipinski definition) is 2. The quantitative estimate of drug-likeness (QED) is 0.738. The van der Waals surface area contributed by atoms with Crippen molar-refractivity contribution < 1.29 is 19.4 Å². The van der Waals surface area contributed by atoms with Crippen molar-refractivity contribution in [3.05, 3.63) is 64.7 Å². The van der Waals surface area contributed by atoms with Crippen molar-refractivity contribution in [2.45, 2.75) is 38.6 Å². The molecule has 0 aliphatic rings. The molecule has 1 atom stereocenters. The van der Waals surface area contributed by atoms with Gasteiger partial charge in [0.2, 0.25) is 0 Å². The number of nitrogens with one attached hydrogen (secondary N) is 1. The molecule has 0 saturated carbocycles. The van der Waals surface area contributed by atoms with E-state index in [0.717, 1.165) is 11.1 Å². The second-order valence-corrected chi connectivity index (χ2v) is 7.72. The number of benzene rings is 2. The smallest absolute Gasteiger partial charge is 0.305 e. The van der Waals surface area contributed by atoms with Gasteiger partial charge in [0.25, 0.3) is 5.91 Å². The third-order valence-corrected chi connectivity index (χ3v) is 4.40. The van der Waals surface area contributed by atoms with Crippen molar-refractivity contribution in [3.8, 4) is 5.75 Å². The normalized spacial score (nSPS) is 12.3. The van der Waals surface area contributed by atoms with Gasteiger partial charge in [0.05, 0.1) is 17.5 Å². The minimum atomic E-state index is -0.993. The molecule has 0 aliphatic heterocycles. The molecule has 0 aliphatic carbocycles. The highest BCUT2D eigenvalue weighted by atomic mass is 35.5. The maximum Gasteiger partial charge on any atom is 0.305 e. The van der Waals surface area contributed by atoms with Gasteiger partial charge in [-0.05, 0) is 28.7 Å². The van der Waals surface area contributed by atoms with Gasteiger partial charge in [-0.3, -0.25) is 9.59 Å². The summed E-state index contributed by atoms with van der Waals surface area (Å²) in [6.45, 7) is 6.06. The number of halogens is 1. The number of carboxylic acid groups (broad SMARTS) is 1. The molecule has 0 bridgehead atoms. The average molecular weight is 390 g/mol. The van der Waals surface area contributed by atoms with E-state index >= 15 is 0 Å². The van der Waals surface area contributed by atoms with Crippen molar-refractivity contribution in [1.82, 2.24) is 5.32 Å². The molecule has 2 N–H and O–H groups in total. The highest BCUT2D eigenvalue weighted by Gasteiger charge is 2.20. The molecule has 0 spiro atoms. The molecule has 27 heavy (non-hydrogen) atoms. The molecule has 144 valence electrons. The van der Waals surface area contributed by atoms with Gasteiger partial charge >= 0.3 is 5.97 Å². The van der Waals surface area contributed by atoms with Crippen LogP contribution in [0, 0.1) is 0 Å². The average Bonchev–Trinajstić information content (AvgIpc) is 2.59. The van der Waals surface area contributed by atoms with E-state index in [-0.39, 0.29) is 18.4 Å². The number of carboxylic acids is 1. The molecule has 6 heteroatoms. The molecule has 2 aromatic carbocycles. The van der Waals surface area contributed by atoms with Gasteiger partial charge in [-0.15, -0.1) is 0 Å². The minimum Gasteiger partial charge on any atom is -0.482 e. The second-order valence-electron chi connectivity index (χ2n) is 7.31. The Balaban J connectivity index is 2.06. The topological polar surface area (TPSA) is 75.6 Å². The summed E-state index contributed by atoms with van der Waals surface area (Å²) in [4.78, 5) is 23.5. The number of para-hydroxylation sites is 1. The van der Waals surface area contributed by atoms with Gasteiger partial charge in [-0.1, -0.05) is 68.8 Å². The number of carbonyl (C=O) groups excluding carboxylic acids is 1. The molecule has 0 fully saturated rings. The highest BCUT2D eigenvalue weighted by molar-refractivity contribution is 6.32. The van der Waals surface area contributed by atoms with Crippen LogP contribution in [0.5, 0.6) is 5.75 Å².